The van der Waals surface area contributed by atoms with Gasteiger partial charge in [-0.05, 0) is 18.2 Å². The molecule has 0 saturated heterocycles. The van der Waals surface area contributed by atoms with Gasteiger partial charge in [0.15, 0.2) is 12.0 Å². The van der Waals surface area contributed by atoms with Gasteiger partial charge in [-0.1, -0.05) is 15.9 Å². The number of carbonyl (C=O) groups is 1. The van der Waals surface area contributed by atoms with Crippen LogP contribution in [0.2, 0.25) is 0 Å². The van der Waals surface area contributed by atoms with Crippen LogP contribution >= 0.6 is 15.9 Å². The molecule has 2 aromatic rings. The molecule has 82 valence electrons. The van der Waals surface area contributed by atoms with Crippen LogP contribution in [0.15, 0.2) is 39.2 Å². The number of rotatable bonds is 3. The Bertz CT molecular complexity index is 501. The lowest BCUT2D eigenvalue weighted by Crippen LogP contribution is -1.84. The Morgan fingerprint density at radius 1 is 1.31 bits per heavy atom. The van der Waals surface area contributed by atoms with E-state index in [1.165, 1.54) is 24.3 Å². The number of aldehydes is 1. The summed E-state index contributed by atoms with van der Waals surface area (Å²) in [5.41, 5.74) is 0. The monoisotopic (exact) mass is 284 g/mol. The van der Waals surface area contributed by atoms with Crippen LogP contribution < -0.4 is 4.74 Å². The lowest BCUT2D eigenvalue weighted by Gasteiger charge is -2.02. The van der Waals surface area contributed by atoms with Gasteiger partial charge in [0.1, 0.15) is 11.6 Å². The zero-order chi connectivity index (χ0) is 11.5. The Balaban J connectivity index is 2.22. The first-order valence-corrected chi connectivity index (χ1v) is 5.15. The highest BCUT2D eigenvalue weighted by Gasteiger charge is 2.05. The van der Waals surface area contributed by atoms with E-state index in [2.05, 4.69) is 15.9 Å². The van der Waals surface area contributed by atoms with E-state index in [-0.39, 0.29) is 11.7 Å². The number of hydrogen-bond acceptors (Lipinski definition) is 3. The van der Waals surface area contributed by atoms with Crippen LogP contribution in [0.5, 0.6) is 11.7 Å². The summed E-state index contributed by atoms with van der Waals surface area (Å²) in [5, 5.41) is 0. The van der Waals surface area contributed by atoms with Crippen molar-refractivity contribution in [3.05, 3.63) is 46.4 Å². The van der Waals surface area contributed by atoms with Crippen molar-refractivity contribution in [2.75, 3.05) is 0 Å². The van der Waals surface area contributed by atoms with Crippen molar-refractivity contribution < 1.29 is 18.3 Å². The van der Waals surface area contributed by atoms with Crippen molar-refractivity contribution in [3.8, 4) is 11.7 Å². The van der Waals surface area contributed by atoms with Crippen LogP contribution in [0.4, 0.5) is 4.39 Å². The first kappa shape index (κ1) is 10.9. The third kappa shape index (κ3) is 2.49. The van der Waals surface area contributed by atoms with E-state index < -0.39 is 5.82 Å². The van der Waals surface area contributed by atoms with E-state index in [9.17, 15) is 9.18 Å². The van der Waals surface area contributed by atoms with Crippen LogP contribution in [0.3, 0.4) is 0 Å². The van der Waals surface area contributed by atoms with Gasteiger partial charge in [0, 0.05) is 16.6 Å². The minimum atomic E-state index is -0.424. The van der Waals surface area contributed by atoms with Crippen LogP contribution in [0, 0.1) is 5.82 Å². The highest BCUT2D eigenvalue weighted by molar-refractivity contribution is 9.10. The molecule has 0 aliphatic carbocycles. The molecule has 3 nitrogen and oxygen atoms in total. The van der Waals surface area contributed by atoms with E-state index in [4.69, 9.17) is 9.15 Å². The van der Waals surface area contributed by atoms with Crippen LogP contribution in [0.1, 0.15) is 10.6 Å². The second-order valence-electron chi connectivity index (χ2n) is 2.98. The van der Waals surface area contributed by atoms with E-state index in [1.807, 2.05) is 0 Å². The fourth-order valence-electron chi connectivity index (χ4n) is 1.16. The lowest BCUT2D eigenvalue weighted by molar-refractivity contribution is 0.109. The first-order valence-electron chi connectivity index (χ1n) is 4.36. The highest BCUT2D eigenvalue weighted by Crippen LogP contribution is 2.26. The summed E-state index contributed by atoms with van der Waals surface area (Å²) >= 11 is 3.14. The molecule has 1 heterocycles. The lowest BCUT2D eigenvalue weighted by atomic mass is 10.3. The minimum absolute atomic E-state index is 0.139. The molecule has 2 rings (SSSR count). The molecule has 5 heteroatoms. The van der Waals surface area contributed by atoms with Gasteiger partial charge in [0.05, 0.1) is 0 Å². The maximum atomic E-state index is 13.0. The van der Waals surface area contributed by atoms with Gasteiger partial charge in [-0.2, -0.15) is 0 Å². The van der Waals surface area contributed by atoms with Gasteiger partial charge in [-0.3, -0.25) is 4.79 Å². The normalized spacial score (nSPS) is 10.1. The van der Waals surface area contributed by atoms with Gasteiger partial charge in [-0.25, -0.2) is 4.39 Å². The molecule has 0 fully saturated rings. The van der Waals surface area contributed by atoms with Crippen molar-refractivity contribution in [2.24, 2.45) is 0 Å². The number of furan rings is 1. The first-order chi connectivity index (χ1) is 7.67. The topological polar surface area (TPSA) is 39.4 Å². The fraction of sp³-hybridized carbons (Fsp3) is 0. The molecule has 16 heavy (non-hydrogen) atoms. The van der Waals surface area contributed by atoms with Gasteiger partial charge in [0.25, 0.3) is 5.95 Å². The number of hydrogen-bond donors (Lipinski definition) is 0. The molecule has 0 saturated carbocycles. The van der Waals surface area contributed by atoms with Crippen molar-refractivity contribution in [2.45, 2.75) is 0 Å². The molecule has 0 aliphatic heterocycles. The van der Waals surface area contributed by atoms with Crippen LogP contribution in [-0.2, 0) is 0 Å². The molecular weight excluding hydrogens is 279 g/mol. The third-order valence-corrected chi connectivity index (χ3v) is 2.23. The standard InChI is InChI=1S/C11H6BrFO3/c12-7-3-8(13)5-10(4-7)16-11-2-1-9(6-14)15-11/h1-6H. The smallest absolute Gasteiger partial charge is 0.290 e. The largest absolute Gasteiger partial charge is 0.426 e. The summed E-state index contributed by atoms with van der Waals surface area (Å²) in [6.45, 7) is 0. The summed E-state index contributed by atoms with van der Waals surface area (Å²) in [5.74, 6) is 0.162. The molecular formula is C11H6BrFO3. The minimum Gasteiger partial charge on any atom is -0.426 e. The van der Waals surface area contributed by atoms with Crippen molar-refractivity contribution in [1.82, 2.24) is 0 Å². The summed E-state index contributed by atoms with van der Waals surface area (Å²) < 4.78 is 23.8. The van der Waals surface area contributed by atoms with E-state index in [0.717, 1.165) is 0 Å². The Morgan fingerprint density at radius 2 is 2.12 bits per heavy atom. The van der Waals surface area contributed by atoms with Crippen molar-refractivity contribution >= 4 is 22.2 Å². The molecule has 0 atom stereocenters. The predicted octanol–water partition coefficient (Wildman–Crippen LogP) is 3.79. The molecule has 0 amide bonds. The number of benzene rings is 1. The van der Waals surface area contributed by atoms with E-state index >= 15 is 0 Å². The predicted molar refractivity (Wildman–Crippen MR) is 58.3 cm³/mol. The fourth-order valence-corrected chi connectivity index (χ4v) is 1.60. The molecule has 0 N–H and O–H groups in total. The van der Waals surface area contributed by atoms with Gasteiger partial charge < -0.3 is 9.15 Å². The molecule has 0 spiro atoms. The Morgan fingerprint density at radius 3 is 2.75 bits per heavy atom. The molecule has 1 aromatic heterocycles. The molecule has 0 radical (unpaired) electrons. The zero-order valence-electron chi connectivity index (χ0n) is 7.94. The summed E-state index contributed by atoms with van der Waals surface area (Å²) in [6.07, 6.45) is 0.564. The quantitative estimate of drug-likeness (QED) is 0.805. The maximum Gasteiger partial charge on any atom is 0.290 e. The van der Waals surface area contributed by atoms with Gasteiger partial charge in [-0.15, -0.1) is 0 Å². The Labute approximate surface area is 99.0 Å². The summed E-state index contributed by atoms with van der Waals surface area (Å²) in [7, 11) is 0. The number of halogens is 2. The van der Waals surface area contributed by atoms with E-state index in [1.54, 1.807) is 6.07 Å². The summed E-state index contributed by atoms with van der Waals surface area (Å²) in [4.78, 5) is 10.4. The SMILES string of the molecule is O=Cc1ccc(Oc2cc(F)cc(Br)c2)o1. The summed E-state index contributed by atoms with van der Waals surface area (Å²) in [6, 6.07) is 7.07. The maximum absolute atomic E-state index is 13.0. The van der Waals surface area contributed by atoms with Crippen LogP contribution in [0.25, 0.3) is 0 Å². The van der Waals surface area contributed by atoms with Gasteiger partial charge >= 0.3 is 0 Å². The van der Waals surface area contributed by atoms with E-state index in [0.29, 0.717) is 16.5 Å². The third-order valence-electron chi connectivity index (χ3n) is 1.77. The molecule has 0 aliphatic rings. The van der Waals surface area contributed by atoms with Crippen molar-refractivity contribution in [1.29, 1.82) is 0 Å². The second kappa shape index (κ2) is 4.49. The average molecular weight is 285 g/mol. The molecule has 1 aromatic carbocycles. The average Bonchev–Trinajstić information content (AvgIpc) is 2.64. The zero-order valence-corrected chi connectivity index (χ0v) is 9.53. The molecule has 0 bridgehead atoms. The van der Waals surface area contributed by atoms with Crippen LogP contribution in [-0.4, -0.2) is 6.29 Å². The molecule has 0 unspecified atom stereocenters. The highest BCUT2D eigenvalue weighted by atomic mass is 79.9. The second-order valence-corrected chi connectivity index (χ2v) is 3.90. The Kier molecular flexibility index (Phi) is 3.05. The number of ether oxygens (including phenoxy) is 1. The Hall–Kier alpha value is -1.62. The van der Waals surface area contributed by atoms with Gasteiger partial charge in [0.2, 0.25) is 0 Å². The number of carbonyl (C=O) groups excluding carboxylic acids is 1. The van der Waals surface area contributed by atoms with Crippen molar-refractivity contribution in [3.63, 3.8) is 0 Å².